The number of anilines is 1. The SMILES string of the molecule is Cc1ccc(S(=O)(=O)N2CCCNCC2)cc1N(C)C. The Morgan fingerprint density at radius 2 is 1.95 bits per heavy atom. The zero-order valence-corrected chi connectivity index (χ0v) is 13.2. The van der Waals surface area contributed by atoms with Crippen molar-refractivity contribution in [2.24, 2.45) is 0 Å². The fraction of sp³-hybridized carbons (Fsp3) is 0.571. The van der Waals surface area contributed by atoms with Crippen LogP contribution in [-0.4, -0.2) is 53.0 Å². The minimum atomic E-state index is -3.39. The van der Waals surface area contributed by atoms with Gasteiger partial charge in [-0.05, 0) is 37.6 Å². The number of aryl methyl sites for hydroxylation is 1. The normalized spacial score (nSPS) is 17.8. The molecule has 2 rings (SSSR count). The van der Waals surface area contributed by atoms with Crippen LogP contribution in [0.25, 0.3) is 0 Å². The van der Waals surface area contributed by atoms with E-state index >= 15 is 0 Å². The average Bonchev–Trinajstić information content (AvgIpc) is 2.67. The van der Waals surface area contributed by atoms with Gasteiger partial charge in [0.05, 0.1) is 4.90 Å². The van der Waals surface area contributed by atoms with Crippen molar-refractivity contribution in [3.05, 3.63) is 23.8 Å². The van der Waals surface area contributed by atoms with Crippen molar-refractivity contribution in [1.82, 2.24) is 9.62 Å². The van der Waals surface area contributed by atoms with E-state index in [1.807, 2.05) is 32.0 Å². The molecule has 0 bridgehead atoms. The molecule has 1 saturated heterocycles. The van der Waals surface area contributed by atoms with E-state index in [0.717, 1.165) is 24.2 Å². The highest BCUT2D eigenvalue weighted by atomic mass is 32.2. The van der Waals surface area contributed by atoms with Crippen LogP contribution < -0.4 is 10.2 Å². The smallest absolute Gasteiger partial charge is 0.243 e. The molecule has 1 aromatic rings. The van der Waals surface area contributed by atoms with Crippen molar-refractivity contribution in [2.45, 2.75) is 18.2 Å². The molecule has 0 aliphatic carbocycles. The molecule has 1 aromatic carbocycles. The van der Waals surface area contributed by atoms with E-state index in [4.69, 9.17) is 0 Å². The van der Waals surface area contributed by atoms with Crippen molar-refractivity contribution in [2.75, 3.05) is 45.2 Å². The van der Waals surface area contributed by atoms with Gasteiger partial charge in [0, 0.05) is 39.4 Å². The van der Waals surface area contributed by atoms with Crippen LogP contribution in [0, 0.1) is 6.92 Å². The molecule has 112 valence electrons. The van der Waals surface area contributed by atoms with Gasteiger partial charge in [-0.2, -0.15) is 4.31 Å². The molecule has 0 aromatic heterocycles. The average molecular weight is 297 g/mol. The summed E-state index contributed by atoms with van der Waals surface area (Å²) in [6.07, 6.45) is 0.853. The Morgan fingerprint density at radius 3 is 2.65 bits per heavy atom. The van der Waals surface area contributed by atoms with Gasteiger partial charge in [-0.1, -0.05) is 6.07 Å². The second kappa shape index (κ2) is 6.11. The van der Waals surface area contributed by atoms with E-state index in [-0.39, 0.29) is 0 Å². The van der Waals surface area contributed by atoms with Crippen molar-refractivity contribution >= 4 is 15.7 Å². The van der Waals surface area contributed by atoms with Crippen LogP contribution in [0.5, 0.6) is 0 Å². The maximum Gasteiger partial charge on any atom is 0.243 e. The van der Waals surface area contributed by atoms with Gasteiger partial charge in [-0.3, -0.25) is 0 Å². The maximum absolute atomic E-state index is 12.7. The van der Waals surface area contributed by atoms with Gasteiger partial charge in [-0.15, -0.1) is 0 Å². The Kier molecular flexibility index (Phi) is 4.67. The van der Waals surface area contributed by atoms with Crippen molar-refractivity contribution in [1.29, 1.82) is 0 Å². The summed E-state index contributed by atoms with van der Waals surface area (Å²) in [6, 6.07) is 5.34. The first-order valence-corrected chi connectivity index (χ1v) is 8.36. The highest BCUT2D eigenvalue weighted by Gasteiger charge is 2.25. The lowest BCUT2D eigenvalue weighted by atomic mass is 10.2. The fourth-order valence-electron chi connectivity index (χ4n) is 2.44. The van der Waals surface area contributed by atoms with Gasteiger partial charge in [0.15, 0.2) is 0 Å². The third-order valence-electron chi connectivity index (χ3n) is 3.60. The fourth-order valence-corrected chi connectivity index (χ4v) is 3.94. The number of hydrogen-bond acceptors (Lipinski definition) is 4. The van der Waals surface area contributed by atoms with Crippen LogP contribution >= 0.6 is 0 Å². The number of nitrogens with one attached hydrogen (secondary N) is 1. The molecular formula is C14H23N3O2S. The van der Waals surface area contributed by atoms with Crippen LogP contribution in [0.2, 0.25) is 0 Å². The summed E-state index contributed by atoms with van der Waals surface area (Å²) in [7, 11) is 0.459. The number of hydrogen-bond donors (Lipinski definition) is 1. The van der Waals surface area contributed by atoms with Gasteiger partial charge in [0.25, 0.3) is 0 Å². The maximum atomic E-state index is 12.7. The second-order valence-electron chi connectivity index (χ2n) is 5.35. The molecule has 1 N–H and O–H groups in total. The van der Waals surface area contributed by atoms with Gasteiger partial charge in [0.2, 0.25) is 10.0 Å². The molecule has 0 amide bonds. The predicted octanol–water partition coefficient (Wildman–Crippen LogP) is 1.05. The van der Waals surface area contributed by atoms with Gasteiger partial charge < -0.3 is 10.2 Å². The topological polar surface area (TPSA) is 52.7 Å². The van der Waals surface area contributed by atoms with Crippen molar-refractivity contribution in [3.63, 3.8) is 0 Å². The van der Waals surface area contributed by atoms with E-state index in [9.17, 15) is 8.42 Å². The van der Waals surface area contributed by atoms with E-state index in [2.05, 4.69) is 5.32 Å². The highest BCUT2D eigenvalue weighted by Crippen LogP contribution is 2.24. The largest absolute Gasteiger partial charge is 0.377 e. The molecule has 1 aliphatic rings. The second-order valence-corrected chi connectivity index (χ2v) is 7.29. The van der Waals surface area contributed by atoms with Crippen LogP contribution in [0.15, 0.2) is 23.1 Å². The highest BCUT2D eigenvalue weighted by molar-refractivity contribution is 7.89. The monoisotopic (exact) mass is 297 g/mol. The molecule has 0 saturated carbocycles. The van der Waals surface area contributed by atoms with Gasteiger partial charge in [-0.25, -0.2) is 8.42 Å². The Morgan fingerprint density at radius 1 is 1.20 bits per heavy atom. The standard InChI is InChI=1S/C14H23N3O2S/c1-12-5-6-13(11-14(12)16(2)3)20(18,19)17-9-4-7-15-8-10-17/h5-6,11,15H,4,7-10H2,1-3H3. The predicted molar refractivity (Wildman–Crippen MR) is 81.8 cm³/mol. The van der Waals surface area contributed by atoms with Crippen molar-refractivity contribution < 1.29 is 8.42 Å². The summed E-state index contributed by atoms with van der Waals surface area (Å²) in [5, 5.41) is 3.23. The van der Waals surface area contributed by atoms with Crippen molar-refractivity contribution in [3.8, 4) is 0 Å². The Hall–Kier alpha value is -1.11. The third-order valence-corrected chi connectivity index (χ3v) is 5.49. The molecule has 0 spiro atoms. The molecule has 0 radical (unpaired) electrons. The molecule has 6 heteroatoms. The zero-order valence-electron chi connectivity index (χ0n) is 12.4. The molecule has 5 nitrogen and oxygen atoms in total. The van der Waals surface area contributed by atoms with Crippen LogP contribution in [0.1, 0.15) is 12.0 Å². The minimum absolute atomic E-state index is 0.383. The molecule has 0 atom stereocenters. The lowest BCUT2D eigenvalue weighted by Gasteiger charge is -2.22. The molecular weight excluding hydrogens is 274 g/mol. The molecule has 1 heterocycles. The number of sulfonamides is 1. The first-order chi connectivity index (χ1) is 9.43. The van der Waals surface area contributed by atoms with Gasteiger partial charge >= 0.3 is 0 Å². The first-order valence-electron chi connectivity index (χ1n) is 6.92. The summed E-state index contributed by atoms with van der Waals surface area (Å²) < 4.78 is 27.0. The zero-order chi connectivity index (χ0) is 14.8. The summed E-state index contributed by atoms with van der Waals surface area (Å²) >= 11 is 0. The number of nitrogens with zero attached hydrogens (tertiary/aromatic N) is 2. The van der Waals surface area contributed by atoms with E-state index in [1.165, 1.54) is 0 Å². The Balaban J connectivity index is 2.35. The molecule has 1 fully saturated rings. The lowest BCUT2D eigenvalue weighted by Crippen LogP contribution is -2.34. The Labute approximate surface area is 121 Å². The molecule has 1 aliphatic heterocycles. The van der Waals surface area contributed by atoms with Crippen LogP contribution in [-0.2, 0) is 10.0 Å². The van der Waals surface area contributed by atoms with E-state index < -0.39 is 10.0 Å². The quantitative estimate of drug-likeness (QED) is 0.906. The Bertz CT molecular complexity index is 562. The molecule has 20 heavy (non-hydrogen) atoms. The summed E-state index contributed by atoms with van der Waals surface area (Å²) in [5.41, 5.74) is 2.02. The summed E-state index contributed by atoms with van der Waals surface area (Å²) in [4.78, 5) is 2.33. The number of benzene rings is 1. The van der Waals surface area contributed by atoms with Crippen LogP contribution in [0.4, 0.5) is 5.69 Å². The van der Waals surface area contributed by atoms with Crippen LogP contribution in [0.3, 0.4) is 0 Å². The van der Waals surface area contributed by atoms with E-state index in [1.54, 1.807) is 16.4 Å². The van der Waals surface area contributed by atoms with Gasteiger partial charge in [0.1, 0.15) is 0 Å². The molecule has 0 unspecified atom stereocenters. The summed E-state index contributed by atoms with van der Waals surface area (Å²) in [5.74, 6) is 0. The number of rotatable bonds is 3. The third kappa shape index (κ3) is 3.13. The van der Waals surface area contributed by atoms with E-state index in [0.29, 0.717) is 24.5 Å². The lowest BCUT2D eigenvalue weighted by molar-refractivity contribution is 0.432. The minimum Gasteiger partial charge on any atom is -0.377 e. The first kappa shape index (κ1) is 15.3. The summed E-state index contributed by atoms with van der Waals surface area (Å²) in [6.45, 7) is 4.70.